The Hall–Kier alpha value is -2.10. The lowest BCUT2D eigenvalue weighted by Gasteiger charge is -2.32. The molecule has 2 aromatic rings. The lowest BCUT2D eigenvalue weighted by Crippen LogP contribution is -2.35. The van der Waals surface area contributed by atoms with Crippen molar-refractivity contribution in [1.82, 2.24) is 9.97 Å². The van der Waals surface area contributed by atoms with Gasteiger partial charge >= 0.3 is 0 Å². The van der Waals surface area contributed by atoms with Gasteiger partial charge in [0.15, 0.2) is 0 Å². The van der Waals surface area contributed by atoms with Gasteiger partial charge in [0.2, 0.25) is 5.95 Å². The lowest BCUT2D eigenvalue weighted by molar-refractivity contribution is 0.444. The normalized spacial score (nSPS) is 17.8. The van der Waals surface area contributed by atoms with Crippen LogP contribution < -0.4 is 10.2 Å². The van der Waals surface area contributed by atoms with Crippen LogP contribution in [0.1, 0.15) is 39.5 Å². The molecule has 4 heteroatoms. The molecule has 0 aliphatic carbocycles. The Morgan fingerprint density at radius 2 is 2.04 bits per heavy atom. The Morgan fingerprint density at radius 1 is 1.21 bits per heavy atom. The summed E-state index contributed by atoms with van der Waals surface area (Å²) in [5, 5.41) is 3.40. The van der Waals surface area contributed by atoms with Crippen molar-refractivity contribution in [2.45, 2.75) is 39.5 Å². The van der Waals surface area contributed by atoms with Crippen molar-refractivity contribution in [2.24, 2.45) is 5.92 Å². The smallest absolute Gasteiger partial charge is 0.225 e. The van der Waals surface area contributed by atoms with Gasteiger partial charge in [-0.1, -0.05) is 50.6 Å². The second-order valence-electron chi connectivity index (χ2n) is 6.77. The van der Waals surface area contributed by atoms with Crippen LogP contribution >= 0.6 is 0 Å². The van der Waals surface area contributed by atoms with Gasteiger partial charge in [0.25, 0.3) is 0 Å². The molecule has 0 spiro atoms. The van der Waals surface area contributed by atoms with Gasteiger partial charge in [-0.3, -0.25) is 0 Å². The summed E-state index contributed by atoms with van der Waals surface area (Å²) in [6.07, 6.45) is 4.86. The van der Waals surface area contributed by atoms with Gasteiger partial charge in [-0.25, -0.2) is 4.98 Å². The molecule has 0 amide bonds. The Morgan fingerprint density at radius 3 is 2.79 bits per heavy atom. The van der Waals surface area contributed by atoms with E-state index < -0.39 is 0 Å². The topological polar surface area (TPSA) is 41.1 Å². The number of benzene rings is 1. The van der Waals surface area contributed by atoms with E-state index in [1.165, 1.54) is 19.3 Å². The van der Waals surface area contributed by atoms with Crippen molar-refractivity contribution in [1.29, 1.82) is 0 Å². The molecule has 1 atom stereocenters. The first-order valence-electron chi connectivity index (χ1n) is 9.19. The number of hydrogen-bond donors (Lipinski definition) is 1. The quantitative estimate of drug-likeness (QED) is 0.789. The number of anilines is 2. The van der Waals surface area contributed by atoms with E-state index in [0.29, 0.717) is 0 Å². The molecular formula is C20H28N4. The number of nitrogens with zero attached hydrogens (tertiary/aromatic N) is 3. The van der Waals surface area contributed by atoms with Gasteiger partial charge in [-0.15, -0.1) is 0 Å². The third kappa shape index (κ3) is 4.25. The van der Waals surface area contributed by atoms with Crippen LogP contribution in [0.2, 0.25) is 0 Å². The Bertz CT molecular complexity index is 641. The number of hydrogen-bond acceptors (Lipinski definition) is 4. The van der Waals surface area contributed by atoms with Crippen LogP contribution in [-0.4, -0.2) is 29.6 Å². The standard InChI is InChI=1S/C20H28N4/c1-3-4-12-21-20-22-18(17-10-6-5-7-11-17)14-19(23-20)24-13-8-9-16(2)15-24/h5-7,10-11,14,16H,3-4,8-9,12-13,15H2,1-2H3,(H,21,22,23). The van der Waals surface area contributed by atoms with Crippen molar-refractivity contribution in [2.75, 3.05) is 29.9 Å². The minimum absolute atomic E-state index is 0.727. The molecule has 1 unspecified atom stereocenters. The van der Waals surface area contributed by atoms with Crippen molar-refractivity contribution in [3.05, 3.63) is 36.4 Å². The number of nitrogens with one attached hydrogen (secondary N) is 1. The zero-order valence-corrected chi connectivity index (χ0v) is 14.8. The third-order valence-corrected chi connectivity index (χ3v) is 4.58. The average Bonchev–Trinajstić information content (AvgIpc) is 2.62. The first-order chi connectivity index (χ1) is 11.8. The number of unbranched alkanes of at least 4 members (excludes halogenated alkanes) is 1. The lowest BCUT2D eigenvalue weighted by atomic mass is 10.0. The van der Waals surface area contributed by atoms with Crippen molar-refractivity contribution < 1.29 is 0 Å². The van der Waals surface area contributed by atoms with Gasteiger partial charge in [0.05, 0.1) is 5.69 Å². The Balaban J connectivity index is 1.90. The van der Waals surface area contributed by atoms with E-state index in [4.69, 9.17) is 9.97 Å². The molecule has 24 heavy (non-hydrogen) atoms. The highest BCUT2D eigenvalue weighted by Crippen LogP contribution is 2.26. The zero-order valence-electron chi connectivity index (χ0n) is 14.8. The van der Waals surface area contributed by atoms with Gasteiger partial charge in [0, 0.05) is 31.3 Å². The maximum atomic E-state index is 4.79. The van der Waals surface area contributed by atoms with E-state index in [-0.39, 0.29) is 0 Å². The molecule has 1 aromatic heterocycles. The highest BCUT2D eigenvalue weighted by Gasteiger charge is 2.19. The molecule has 1 aliphatic rings. The molecule has 1 aromatic carbocycles. The molecule has 3 rings (SSSR count). The summed E-state index contributed by atoms with van der Waals surface area (Å²) in [5.41, 5.74) is 2.14. The molecule has 0 bridgehead atoms. The first kappa shape index (κ1) is 16.7. The highest BCUT2D eigenvalue weighted by atomic mass is 15.2. The largest absolute Gasteiger partial charge is 0.356 e. The van der Waals surface area contributed by atoms with E-state index in [9.17, 15) is 0 Å². The minimum Gasteiger partial charge on any atom is -0.356 e. The van der Waals surface area contributed by atoms with Crippen LogP contribution in [0.5, 0.6) is 0 Å². The number of aromatic nitrogens is 2. The summed E-state index contributed by atoms with van der Waals surface area (Å²) < 4.78 is 0. The Labute approximate surface area is 145 Å². The van der Waals surface area contributed by atoms with Gasteiger partial charge in [0.1, 0.15) is 5.82 Å². The van der Waals surface area contributed by atoms with Crippen LogP contribution in [0, 0.1) is 5.92 Å². The fourth-order valence-electron chi connectivity index (χ4n) is 3.21. The molecular weight excluding hydrogens is 296 g/mol. The van der Waals surface area contributed by atoms with Gasteiger partial charge < -0.3 is 10.2 Å². The molecule has 1 saturated heterocycles. The molecule has 0 radical (unpaired) electrons. The minimum atomic E-state index is 0.727. The predicted octanol–water partition coefficient (Wildman–Crippen LogP) is 4.59. The van der Waals surface area contributed by atoms with E-state index in [0.717, 1.165) is 55.0 Å². The SMILES string of the molecule is CCCCNc1nc(-c2ccccc2)cc(N2CCCC(C)C2)n1. The number of rotatable bonds is 6. The molecule has 0 saturated carbocycles. The average molecular weight is 324 g/mol. The van der Waals surface area contributed by atoms with Crippen LogP contribution in [0.3, 0.4) is 0 Å². The van der Waals surface area contributed by atoms with Gasteiger partial charge in [-0.05, 0) is 25.2 Å². The van der Waals surface area contributed by atoms with Crippen molar-refractivity contribution >= 4 is 11.8 Å². The fourth-order valence-corrected chi connectivity index (χ4v) is 3.21. The summed E-state index contributed by atoms with van der Waals surface area (Å²) in [4.78, 5) is 11.9. The van der Waals surface area contributed by atoms with Gasteiger partial charge in [-0.2, -0.15) is 4.98 Å². The van der Waals surface area contributed by atoms with Crippen LogP contribution in [-0.2, 0) is 0 Å². The Kier molecular flexibility index (Phi) is 5.68. The van der Waals surface area contributed by atoms with E-state index in [1.807, 2.05) is 6.07 Å². The van der Waals surface area contributed by atoms with Crippen LogP contribution in [0.15, 0.2) is 36.4 Å². The van der Waals surface area contributed by atoms with Crippen molar-refractivity contribution in [3.63, 3.8) is 0 Å². The molecule has 2 heterocycles. The second kappa shape index (κ2) is 8.13. The monoisotopic (exact) mass is 324 g/mol. The van der Waals surface area contributed by atoms with Crippen LogP contribution in [0.25, 0.3) is 11.3 Å². The third-order valence-electron chi connectivity index (χ3n) is 4.58. The summed E-state index contributed by atoms with van der Waals surface area (Å²) in [7, 11) is 0. The summed E-state index contributed by atoms with van der Waals surface area (Å²) >= 11 is 0. The maximum absolute atomic E-state index is 4.79. The van der Waals surface area contributed by atoms with Crippen LogP contribution in [0.4, 0.5) is 11.8 Å². The molecule has 128 valence electrons. The summed E-state index contributed by atoms with van der Waals surface area (Å²) in [5.74, 6) is 2.53. The van der Waals surface area contributed by atoms with Crippen molar-refractivity contribution in [3.8, 4) is 11.3 Å². The molecule has 1 fully saturated rings. The predicted molar refractivity (Wildman–Crippen MR) is 101 cm³/mol. The fraction of sp³-hybridized carbons (Fsp3) is 0.500. The first-order valence-corrected chi connectivity index (χ1v) is 9.19. The summed E-state index contributed by atoms with van der Waals surface area (Å²) in [6, 6.07) is 12.5. The maximum Gasteiger partial charge on any atom is 0.225 e. The van der Waals surface area contributed by atoms with E-state index in [1.54, 1.807) is 0 Å². The highest BCUT2D eigenvalue weighted by molar-refractivity contribution is 5.64. The molecule has 1 aliphatic heterocycles. The summed E-state index contributed by atoms with van der Waals surface area (Å²) in [6.45, 7) is 7.61. The number of piperidine rings is 1. The molecule has 1 N–H and O–H groups in total. The second-order valence-corrected chi connectivity index (χ2v) is 6.77. The molecule has 4 nitrogen and oxygen atoms in total. The zero-order chi connectivity index (χ0) is 16.8. The van der Waals surface area contributed by atoms with E-state index >= 15 is 0 Å². The van der Waals surface area contributed by atoms with E-state index in [2.05, 4.69) is 54.4 Å².